The van der Waals surface area contributed by atoms with Crippen molar-refractivity contribution < 1.29 is 0 Å². The molecule has 0 bridgehead atoms. The number of nitrogens with zero attached hydrogens (tertiary/aromatic N) is 4. The number of hydrogen-bond donors (Lipinski definition) is 1. The normalized spacial score (nSPS) is 10.2. The molecular formula is C12H15N5. The average molecular weight is 229 g/mol. The molecule has 1 N–H and O–H groups in total. The summed E-state index contributed by atoms with van der Waals surface area (Å²) >= 11 is 0. The lowest BCUT2D eigenvalue weighted by Crippen LogP contribution is -2.06. The summed E-state index contributed by atoms with van der Waals surface area (Å²) in [4.78, 5) is 16.8. The summed E-state index contributed by atoms with van der Waals surface area (Å²) in [5.74, 6) is 1.70. The van der Waals surface area contributed by atoms with Crippen LogP contribution in [0.3, 0.4) is 0 Å². The van der Waals surface area contributed by atoms with Crippen molar-refractivity contribution in [3.05, 3.63) is 41.9 Å². The van der Waals surface area contributed by atoms with E-state index in [1.165, 1.54) is 0 Å². The van der Waals surface area contributed by atoms with Gasteiger partial charge in [0.2, 0.25) is 0 Å². The van der Waals surface area contributed by atoms with Crippen LogP contribution in [0.4, 0.5) is 5.82 Å². The summed E-state index contributed by atoms with van der Waals surface area (Å²) in [5.41, 5.74) is 1.91. The molecule has 2 rings (SSSR count). The van der Waals surface area contributed by atoms with Gasteiger partial charge in [-0.1, -0.05) is 6.92 Å². The minimum atomic E-state index is 0.641. The molecule has 0 amide bonds. The monoisotopic (exact) mass is 229 g/mol. The molecule has 0 aliphatic rings. The Morgan fingerprint density at radius 3 is 2.88 bits per heavy atom. The number of aryl methyl sites for hydroxylation is 2. The second kappa shape index (κ2) is 5.34. The van der Waals surface area contributed by atoms with Crippen molar-refractivity contribution in [2.45, 2.75) is 26.8 Å². The quantitative estimate of drug-likeness (QED) is 0.865. The van der Waals surface area contributed by atoms with Gasteiger partial charge in [-0.15, -0.1) is 0 Å². The zero-order chi connectivity index (χ0) is 12.1. The van der Waals surface area contributed by atoms with E-state index in [9.17, 15) is 0 Å². The third kappa shape index (κ3) is 3.21. The van der Waals surface area contributed by atoms with Crippen molar-refractivity contribution >= 4 is 5.82 Å². The van der Waals surface area contributed by atoms with E-state index in [0.717, 1.165) is 29.5 Å². The van der Waals surface area contributed by atoms with Crippen molar-refractivity contribution in [2.24, 2.45) is 0 Å². The summed E-state index contributed by atoms with van der Waals surface area (Å²) in [6.07, 6.45) is 4.11. The second-order valence-electron chi connectivity index (χ2n) is 3.72. The van der Waals surface area contributed by atoms with Gasteiger partial charge in [-0.2, -0.15) is 0 Å². The molecular weight excluding hydrogens is 214 g/mol. The van der Waals surface area contributed by atoms with E-state index in [1.807, 2.05) is 26.0 Å². The summed E-state index contributed by atoms with van der Waals surface area (Å²) in [6, 6.07) is 3.81. The van der Waals surface area contributed by atoms with Crippen LogP contribution < -0.4 is 5.32 Å². The van der Waals surface area contributed by atoms with Crippen LogP contribution in [0.1, 0.15) is 24.1 Å². The lowest BCUT2D eigenvalue weighted by molar-refractivity contribution is 0.906. The molecule has 2 heterocycles. The molecule has 0 radical (unpaired) electrons. The molecule has 0 aromatic carbocycles. The minimum Gasteiger partial charge on any atom is -0.364 e. The van der Waals surface area contributed by atoms with Crippen LogP contribution in [0.5, 0.6) is 0 Å². The average Bonchev–Trinajstić information content (AvgIpc) is 2.37. The Bertz CT molecular complexity index is 484. The molecule has 0 aliphatic heterocycles. The first kappa shape index (κ1) is 11.4. The van der Waals surface area contributed by atoms with Gasteiger partial charge in [-0.05, 0) is 13.0 Å². The fourth-order valence-electron chi connectivity index (χ4n) is 1.48. The van der Waals surface area contributed by atoms with Crippen LogP contribution in [-0.2, 0) is 13.0 Å². The predicted octanol–water partition coefficient (Wildman–Crippen LogP) is 1.75. The van der Waals surface area contributed by atoms with Crippen molar-refractivity contribution in [3.63, 3.8) is 0 Å². The van der Waals surface area contributed by atoms with Crippen LogP contribution in [0.25, 0.3) is 0 Å². The van der Waals surface area contributed by atoms with E-state index < -0.39 is 0 Å². The fraction of sp³-hybridized carbons (Fsp3) is 0.333. The van der Waals surface area contributed by atoms with Crippen LogP contribution in [-0.4, -0.2) is 19.9 Å². The lowest BCUT2D eigenvalue weighted by Gasteiger charge is -2.07. The molecule has 2 aromatic heterocycles. The molecule has 2 aromatic rings. The molecule has 0 atom stereocenters. The fourth-order valence-corrected chi connectivity index (χ4v) is 1.48. The largest absolute Gasteiger partial charge is 0.364 e. The zero-order valence-corrected chi connectivity index (χ0v) is 10.0. The van der Waals surface area contributed by atoms with Crippen LogP contribution in [0, 0.1) is 6.92 Å². The van der Waals surface area contributed by atoms with Gasteiger partial charge < -0.3 is 5.32 Å². The Morgan fingerprint density at radius 1 is 1.29 bits per heavy atom. The number of nitrogens with one attached hydrogen (secondary N) is 1. The van der Waals surface area contributed by atoms with E-state index in [1.54, 1.807) is 12.5 Å². The molecule has 5 nitrogen and oxygen atoms in total. The molecule has 5 heteroatoms. The maximum Gasteiger partial charge on any atom is 0.130 e. The van der Waals surface area contributed by atoms with Crippen molar-refractivity contribution in [1.29, 1.82) is 0 Å². The third-order valence-corrected chi connectivity index (χ3v) is 2.31. The van der Waals surface area contributed by atoms with E-state index in [2.05, 4.69) is 25.3 Å². The highest BCUT2D eigenvalue weighted by Crippen LogP contribution is 2.07. The highest BCUT2D eigenvalue weighted by atomic mass is 15.0. The van der Waals surface area contributed by atoms with Crippen LogP contribution >= 0.6 is 0 Å². The van der Waals surface area contributed by atoms with Gasteiger partial charge in [0.1, 0.15) is 18.0 Å². The molecule has 0 fully saturated rings. The van der Waals surface area contributed by atoms with Gasteiger partial charge in [0.25, 0.3) is 0 Å². The number of aromatic nitrogens is 4. The summed E-state index contributed by atoms with van der Waals surface area (Å²) in [5, 5.41) is 3.24. The summed E-state index contributed by atoms with van der Waals surface area (Å²) in [7, 11) is 0. The zero-order valence-electron chi connectivity index (χ0n) is 10.0. The van der Waals surface area contributed by atoms with Gasteiger partial charge in [-0.3, -0.25) is 0 Å². The SMILES string of the molecule is CCc1nc(C)cc(NCc2ccncn2)n1. The first-order valence-electron chi connectivity index (χ1n) is 5.61. The molecule has 0 unspecified atom stereocenters. The van der Waals surface area contributed by atoms with Gasteiger partial charge in [-0.25, -0.2) is 19.9 Å². The van der Waals surface area contributed by atoms with Crippen molar-refractivity contribution in [2.75, 3.05) is 5.32 Å². The topological polar surface area (TPSA) is 63.6 Å². The molecule has 0 aliphatic carbocycles. The second-order valence-corrected chi connectivity index (χ2v) is 3.72. The Kier molecular flexibility index (Phi) is 3.59. The summed E-state index contributed by atoms with van der Waals surface area (Å²) < 4.78 is 0. The highest BCUT2D eigenvalue weighted by Gasteiger charge is 2.00. The maximum absolute atomic E-state index is 4.40. The van der Waals surface area contributed by atoms with Gasteiger partial charge in [0, 0.05) is 24.4 Å². The standard InChI is InChI=1S/C12H15N5/c1-3-11-16-9(2)6-12(17-11)14-7-10-4-5-13-8-15-10/h4-6,8H,3,7H2,1-2H3,(H,14,16,17). The molecule has 0 saturated heterocycles. The molecule has 0 spiro atoms. The number of hydrogen-bond acceptors (Lipinski definition) is 5. The third-order valence-electron chi connectivity index (χ3n) is 2.31. The Morgan fingerprint density at radius 2 is 2.18 bits per heavy atom. The molecule has 0 saturated carbocycles. The first-order chi connectivity index (χ1) is 8.28. The van der Waals surface area contributed by atoms with Gasteiger partial charge in [0.15, 0.2) is 0 Å². The van der Waals surface area contributed by atoms with Crippen LogP contribution in [0.15, 0.2) is 24.7 Å². The lowest BCUT2D eigenvalue weighted by atomic mass is 10.3. The number of rotatable bonds is 4. The summed E-state index contributed by atoms with van der Waals surface area (Å²) in [6.45, 7) is 4.65. The number of anilines is 1. The smallest absolute Gasteiger partial charge is 0.130 e. The van der Waals surface area contributed by atoms with Crippen molar-refractivity contribution in [1.82, 2.24) is 19.9 Å². The maximum atomic E-state index is 4.40. The Hall–Kier alpha value is -2.04. The Balaban J connectivity index is 2.06. The van der Waals surface area contributed by atoms with Gasteiger partial charge >= 0.3 is 0 Å². The van der Waals surface area contributed by atoms with Crippen LogP contribution in [0.2, 0.25) is 0 Å². The highest BCUT2D eigenvalue weighted by molar-refractivity contribution is 5.36. The van der Waals surface area contributed by atoms with E-state index in [-0.39, 0.29) is 0 Å². The molecule has 17 heavy (non-hydrogen) atoms. The minimum absolute atomic E-state index is 0.641. The van der Waals surface area contributed by atoms with E-state index in [4.69, 9.17) is 0 Å². The molecule has 88 valence electrons. The van der Waals surface area contributed by atoms with Gasteiger partial charge in [0.05, 0.1) is 12.2 Å². The van der Waals surface area contributed by atoms with E-state index in [0.29, 0.717) is 6.54 Å². The van der Waals surface area contributed by atoms with Crippen molar-refractivity contribution in [3.8, 4) is 0 Å². The predicted molar refractivity (Wildman–Crippen MR) is 65.5 cm³/mol. The first-order valence-corrected chi connectivity index (χ1v) is 5.61. The van der Waals surface area contributed by atoms with E-state index >= 15 is 0 Å². The Labute approximate surface area is 100 Å².